The fraction of sp³-hybridized carbons (Fsp3) is 0.417. The number of amides is 2. The summed E-state index contributed by atoms with van der Waals surface area (Å²) in [5, 5.41) is 16.9. The maximum Gasteiger partial charge on any atom is 0.408 e. The van der Waals surface area contributed by atoms with E-state index in [1.165, 1.54) is 30.5 Å². The van der Waals surface area contributed by atoms with Crippen LogP contribution in [0.3, 0.4) is 0 Å². The van der Waals surface area contributed by atoms with Crippen molar-refractivity contribution in [3.8, 4) is 11.6 Å². The highest BCUT2D eigenvalue weighted by Crippen LogP contribution is 2.28. The first-order valence-corrected chi connectivity index (χ1v) is 12.1. The molecule has 0 bridgehead atoms. The third kappa shape index (κ3) is 6.87. The van der Waals surface area contributed by atoms with Gasteiger partial charge in [0.25, 0.3) is 5.91 Å². The minimum absolute atomic E-state index is 0.0125. The summed E-state index contributed by atoms with van der Waals surface area (Å²) in [6.07, 6.45) is 4.24. The molecule has 39 heavy (non-hydrogen) atoms. The fourth-order valence-electron chi connectivity index (χ4n) is 3.85. The van der Waals surface area contributed by atoms with Gasteiger partial charge in [-0.05, 0) is 39.3 Å². The minimum Gasteiger partial charge on any atom is -0.479 e. The Morgan fingerprint density at radius 1 is 1.18 bits per heavy atom. The zero-order valence-corrected chi connectivity index (χ0v) is 21.9. The van der Waals surface area contributed by atoms with E-state index in [2.05, 4.69) is 36.1 Å². The molecule has 208 valence electrons. The number of halogens is 1. The summed E-state index contributed by atoms with van der Waals surface area (Å²) < 4.78 is 31.2. The van der Waals surface area contributed by atoms with Crippen molar-refractivity contribution in [3.63, 3.8) is 0 Å². The van der Waals surface area contributed by atoms with E-state index in [-0.39, 0.29) is 29.7 Å². The molecule has 1 aliphatic rings. The number of rotatable bonds is 8. The number of aromatic nitrogens is 5. The van der Waals surface area contributed by atoms with E-state index < -0.39 is 35.5 Å². The van der Waals surface area contributed by atoms with Crippen LogP contribution in [0.15, 0.2) is 30.7 Å². The molecule has 0 radical (unpaired) electrons. The second-order valence-electron chi connectivity index (χ2n) is 9.64. The highest BCUT2D eigenvalue weighted by molar-refractivity contribution is 5.98. The van der Waals surface area contributed by atoms with Crippen molar-refractivity contribution in [2.24, 2.45) is 5.73 Å². The van der Waals surface area contributed by atoms with E-state index in [1.807, 2.05) is 0 Å². The van der Waals surface area contributed by atoms with Gasteiger partial charge in [0.15, 0.2) is 11.6 Å². The number of nitrogens with zero attached hydrogens (tertiary/aromatic N) is 5. The van der Waals surface area contributed by atoms with Gasteiger partial charge >= 0.3 is 6.09 Å². The van der Waals surface area contributed by atoms with Crippen molar-refractivity contribution >= 4 is 29.3 Å². The van der Waals surface area contributed by atoms with E-state index in [4.69, 9.17) is 19.9 Å². The highest BCUT2D eigenvalue weighted by Gasteiger charge is 2.30. The molecule has 0 aromatic carbocycles. The molecule has 3 aromatic heterocycles. The average molecular weight is 544 g/mol. The normalized spacial score (nSPS) is 17.3. The van der Waals surface area contributed by atoms with Crippen LogP contribution in [0.2, 0.25) is 0 Å². The summed E-state index contributed by atoms with van der Waals surface area (Å²) in [6.45, 7) is 5.82. The van der Waals surface area contributed by atoms with Gasteiger partial charge in [0.05, 0.1) is 55.6 Å². The van der Waals surface area contributed by atoms with Crippen molar-refractivity contribution in [1.82, 2.24) is 30.3 Å². The number of anilines is 3. The Bertz CT molecular complexity index is 1330. The molecular formula is C24H30FN9O5. The Hall–Kier alpha value is -4.53. The Morgan fingerprint density at radius 2 is 1.92 bits per heavy atom. The molecular weight excluding hydrogens is 513 g/mol. The second kappa shape index (κ2) is 11.5. The average Bonchev–Trinajstić information content (AvgIpc) is 3.40. The van der Waals surface area contributed by atoms with Crippen LogP contribution in [0.1, 0.15) is 37.6 Å². The van der Waals surface area contributed by atoms with Gasteiger partial charge in [0, 0.05) is 6.61 Å². The van der Waals surface area contributed by atoms with Crippen LogP contribution in [0, 0.1) is 5.82 Å². The quantitative estimate of drug-likeness (QED) is 0.327. The van der Waals surface area contributed by atoms with Crippen molar-refractivity contribution in [2.45, 2.75) is 44.9 Å². The summed E-state index contributed by atoms with van der Waals surface area (Å²) in [5.74, 6) is -1.60. The Morgan fingerprint density at radius 3 is 2.59 bits per heavy atom. The molecule has 0 spiro atoms. The Balaban J connectivity index is 1.60. The Labute approximate surface area is 223 Å². The van der Waals surface area contributed by atoms with Gasteiger partial charge in [-0.2, -0.15) is 10.2 Å². The number of carbonyl (C=O) groups excluding carboxylic acids is 2. The van der Waals surface area contributed by atoms with E-state index >= 15 is 4.39 Å². The SMILES string of the molecule is COc1ncc(Nc2nc(N[C@@H]3CCOC[C@@H]3NC(=O)OC(C)(C)C)c(F)cc2C(N)=O)cc1-n1nccn1. The highest BCUT2D eigenvalue weighted by atomic mass is 19.1. The van der Waals surface area contributed by atoms with E-state index in [1.54, 1.807) is 26.8 Å². The number of hydrogen-bond acceptors (Lipinski definition) is 11. The molecule has 5 N–H and O–H groups in total. The predicted molar refractivity (Wildman–Crippen MR) is 138 cm³/mol. The topological polar surface area (TPSA) is 180 Å². The first-order chi connectivity index (χ1) is 18.5. The lowest BCUT2D eigenvalue weighted by molar-refractivity contribution is 0.0317. The number of hydrogen-bond donors (Lipinski definition) is 4. The summed E-state index contributed by atoms with van der Waals surface area (Å²) in [7, 11) is 1.45. The fourth-order valence-corrected chi connectivity index (χ4v) is 3.85. The largest absolute Gasteiger partial charge is 0.479 e. The lowest BCUT2D eigenvalue weighted by atomic mass is 10.0. The van der Waals surface area contributed by atoms with Crippen LogP contribution >= 0.6 is 0 Å². The molecule has 2 atom stereocenters. The standard InChI is InChI=1S/C24H30FN9O5/c1-24(2,3)39-23(36)32-17-12-38-8-5-16(17)31-21-15(25)10-14(19(26)35)20(33-21)30-13-9-18(22(37-4)27-11-13)34-28-6-7-29-34/h6-7,9-11,16-17H,5,8,12H2,1-4H3,(H2,26,35)(H,32,36)(H2,30,31,33)/t16-,17+/m1/s1. The first kappa shape index (κ1) is 27.5. The van der Waals surface area contributed by atoms with Gasteiger partial charge < -0.3 is 35.9 Å². The number of nitrogens with two attached hydrogens (primary N) is 1. The molecule has 14 nitrogen and oxygen atoms in total. The number of pyridine rings is 2. The molecule has 1 aliphatic heterocycles. The van der Waals surface area contributed by atoms with E-state index in [0.29, 0.717) is 24.4 Å². The van der Waals surface area contributed by atoms with Gasteiger partial charge in [0.2, 0.25) is 5.88 Å². The van der Waals surface area contributed by atoms with Crippen LogP contribution in [0.25, 0.3) is 5.69 Å². The smallest absolute Gasteiger partial charge is 0.408 e. The Kier molecular flexibility index (Phi) is 8.09. The molecule has 0 unspecified atom stereocenters. The number of carbonyl (C=O) groups is 2. The molecule has 3 aromatic rings. The van der Waals surface area contributed by atoms with Gasteiger partial charge in [-0.3, -0.25) is 4.79 Å². The summed E-state index contributed by atoms with van der Waals surface area (Å²) in [6, 6.07) is 1.63. The van der Waals surface area contributed by atoms with E-state index in [9.17, 15) is 9.59 Å². The molecule has 15 heteroatoms. The number of nitrogens with one attached hydrogen (secondary N) is 3. The monoisotopic (exact) mass is 543 g/mol. The maximum atomic E-state index is 15.1. The van der Waals surface area contributed by atoms with Crippen LogP contribution < -0.4 is 26.4 Å². The van der Waals surface area contributed by atoms with Gasteiger partial charge in [-0.25, -0.2) is 19.2 Å². The van der Waals surface area contributed by atoms with Crippen molar-refractivity contribution < 1.29 is 28.2 Å². The summed E-state index contributed by atoms with van der Waals surface area (Å²) in [4.78, 5) is 34.3. The molecule has 2 amide bonds. The minimum atomic E-state index is -0.888. The lowest BCUT2D eigenvalue weighted by Gasteiger charge is -2.33. The molecule has 0 aliphatic carbocycles. The predicted octanol–water partition coefficient (Wildman–Crippen LogP) is 2.14. The third-order valence-electron chi connectivity index (χ3n) is 5.54. The van der Waals surface area contributed by atoms with Gasteiger partial charge in [0.1, 0.15) is 17.1 Å². The second-order valence-corrected chi connectivity index (χ2v) is 9.64. The summed E-state index contributed by atoms with van der Waals surface area (Å²) in [5.41, 5.74) is 5.43. The molecule has 1 saturated heterocycles. The zero-order chi connectivity index (χ0) is 28.2. The molecule has 4 heterocycles. The van der Waals surface area contributed by atoms with Gasteiger partial charge in [-0.1, -0.05) is 0 Å². The zero-order valence-electron chi connectivity index (χ0n) is 21.9. The first-order valence-electron chi connectivity index (χ1n) is 12.1. The summed E-state index contributed by atoms with van der Waals surface area (Å²) >= 11 is 0. The van der Waals surface area contributed by atoms with Crippen molar-refractivity contribution in [3.05, 3.63) is 42.1 Å². The number of ether oxygens (including phenoxy) is 3. The molecule has 1 fully saturated rings. The number of methoxy groups -OCH3 is 1. The molecule has 4 rings (SSSR count). The van der Waals surface area contributed by atoms with Crippen molar-refractivity contribution in [2.75, 3.05) is 31.0 Å². The van der Waals surface area contributed by atoms with Crippen LogP contribution in [0.5, 0.6) is 5.88 Å². The maximum absolute atomic E-state index is 15.1. The number of primary amides is 1. The van der Waals surface area contributed by atoms with Crippen LogP contribution in [-0.4, -0.2) is 75.0 Å². The molecule has 0 saturated carbocycles. The third-order valence-corrected chi connectivity index (χ3v) is 5.54. The van der Waals surface area contributed by atoms with Crippen LogP contribution in [-0.2, 0) is 9.47 Å². The van der Waals surface area contributed by atoms with Crippen molar-refractivity contribution in [1.29, 1.82) is 0 Å². The van der Waals surface area contributed by atoms with Gasteiger partial charge in [-0.15, -0.1) is 4.80 Å². The lowest BCUT2D eigenvalue weighted by Crippen LogP contribution is -2.53. The van der Waals surface area contributed by atoms with E-state index in [0.717, 1.165) is 6.07 Å². The number of alkyl carbamates (subject to hydrolysis) is 1. The van der Waals surface area contributed by atoms with Crippen LogP contribution in [0.4, 0.5) is 26.5 Å².